The zero-order chi connectivity index (χ0) is 12.9. The van der Waals surface area contributed by atoms with Gasteiger partial charge in [-0.3, -0.25) is 9.59 Å². The highest BCUT2D eigenvalue weighted by molar-refractivity contribution is 5.66. The highest BCUT2D eigenvalue weighted by atomic mass is 16.6. The summed E-state index contributed by atoms with van der Waals surface area (Å²) >= 11 is 0. The summed E-state index contributed by atoms with van der Waals surface area (Å²) in [6, 6.07) is 0. The van der Waals surface area contributed by atoms with Crippen LogP contribution in [0.1, 0.15) is 20.8 Å². The highest BCUT2D eigenvalue weighted by Crippen LogP contribution is 1.90. The van der Waals surface area contributed by atoms with Crippen molar-refractivity contribution in [2.45, 2.75) is 26.9 Å². The van der Waals surface area contributed by atoms with Gasteiger partial charge >= 0.3 is 5.97 Å². The van der Waals surface area contributed by atoms with Crippen molar-refractivity contribution in [2.24, 2.45) is 0 Å². The maximum absolute atomic E-state index is 10.3. The molecule has 0 aromatic carbocycles. The number of hydrogen-bond donors (Lipinski definition) is 2. The lowest BCUT2D eigenvalue weighted by molar-refractivity contribution is -0.147. The molecule has 0 fully saturated rings. The Kier molecular flexibility index (Phi) is 19.9. The number of aliphatic hydroxyl groups excluding tert-OH is 1. The highest BCUT2D eigenvalue weighted by Gasteiger charge is 2.02. The third-order valence-electron chi connectivity index (χ3n) is 0.769. The van der Waals surface area contributed by atoms with Crippen molar-refractivity contribution in [1.82, 2.24) is 0 Å². The molecule has 0 radical (unpaired) electrons. The topological polar surface area (TPSA) is 93.1 Å². The Hall–Kier alpha value is -1.14. The van der Waals surface area contributed by atoms with E-state index in [2.05, 4.69) is 0 Å². The fourth-order valence-corrected chi connectivity index (χ4v) is 0.552. The Morgan fingerprint density at radius 3 is 1.80 bits per heavy atom. The molecule has 0 aliphatic heterocycles. The molecule has 0 rings (SSSR count). The van der Waals surface area contributed by atoms with Crippen molar-refractivity contribution in [3.05, 3.63) is 0 Å². The largest absolute Gasteiger partial charge is 0.481 e. The van der Waals surface area contributed by atoms with Crippen molar-refractivity contribution in [1.29, 1.82) is 0 Å². The van der Waals surface area contributed by atoms with Gasteiger partial charge in [0.05, 0.1) is 6.61 Å². The number of carbonyl (C=O) groups excluding carboxylic acids is 1. The maximum Gasteiger partial charge on any atom is 0.302 e. The second kappa shape index (κ2) is 15.3. The van der Waals surface area contributed by atoms with Gasteiger partial charge in [0, 0.05) is 28.1 Å². The second-order valence-corrected chi connectivity index (χ2v) is 2.39. The smallest absolute Gasteiger partial charge is 0.302 e. The number of rotatable bonds is 3. The summed E-state index contributed by atoms with van der Waals surface area (Å²) in [6.07, 6.45) is -0.132. The Bertz CT molecular complexity index is 153. The van der Waals surface area contributed by atoms with Gasteiger partial charge in [-0.05, 0) is 6.92 Å². The average Bonchev–Trinajstić information content (AvgIpc) is 2.05. The minimum Gasteiger partial charge on any atom is -0.481 e. The fraction of sp³-hybridized carbons (Fsp3) is 0.778. The summed E-state index contributed by atoms with van der Waals surface area (Å²) in [5.74, 6) is -1.10. The van der Waals surface area contributed by atoms with E-state index in [0.717, 1.165) is 14.0 Å². The van der Waals surface area contributed by atoms with E-state index < -0.39 is 5.97 Å². The van der Waals surface area contributed by atoms with Gasteiger partial charge in [0.15, 0.2) is 0 Å². The van der Waals surface area contributed by atoms with Crippen LogP contribution in [0.4, 0.5) is 0 Å². The van der Waals surface area contributed by atoms with E-state index in [1.165, 1.54) is 6.92 Å². The van der Waals surface area contributed by atoms with Crippen molar-refractivity contribution < 1.29 is 29.3 Å². The minimum absolute atomic E-state index is 0.132. The van der Waals surface area contributed by atoms with E-state index in [0.29, 0.717) is 6.61 Å². The first-order chi connectivity index (χ1) is 6.90. The third-order valence-corrected chi connectivity index (χ3v) is 0.769. The van der Waals surface area contributed by atoms with Crippen LogP contribution >= 0.6 is 0 Å². The molecule has 2 N–H and O–H groups in total. The predicted molar refractivity (Wildman–Crippen MR) is 54.6 cm³/mol. The minimum atomic E-state index is -0.833. The van der Waals surface area contributed by atoms with Gasteiger partial charge in [-0.15, -0.1) is 0 Å². The van der Waals surface area contributed by atoms with Gasteiger partial charge in [0.2, 0.25) is 0 Å². The van der Waals surface area contributed by atoms with Gasteiger partial charge in [0.1, 0.15) is 6.10 Å². The van der Waals surface area contributed by atoms with Crippen LogP contribution in [0.5, 0.6) is 0 Å². The molecule has 15 heavy (non-hydrogen) atoms. The van der Waals surface area contributed by atoms with E-state index in [1.807, 2.05) is 0 Å². The Morgan fingerprint density at radius 1 is 1.27 bits per heavy atom. The van der Waals surface area contributed by atoms with Crippen LogP contribution in [0.2, 0.25) is 0 Å². The van der Waals surface area contributed by atoms with Crippen molar-refractivity contribution in [2.75, 3.05) is 20.8 Å². The van der Waals surface area contributed by atoms with Gasteiger partial charge < -0.3 is 19.7 Å². The third kappa shape index (κ3) is 44.2. The van der Waals surface area contributed by atoms with E-state index in [-0.39, 0.29) is 12.1 Å². The molecule has 1 unspecified atom stereocenters. The van der Waals surface area contributed by atoms with Crippen molar-refractivity contribution in [3.63, 3.8) is 0 Å². The maximum atomic E-state index is 10.3. The first kappa shape index (κ1) is 19.4. The molecule has 0 aliphatic rings. The lowest BCUT2D eigenvalue weighted by atomic mass is 10.4. The summed E-state index contributed by atoms with van der Waals surface area (Å²) in [5.41, 5.74) is 0. The van der Waals surface area contributed by atoms with Crippen LogP contribution in [0, 0.1) is 0 Å². The SMILES string of the molecule is CC(=O)O.CO.COCC(C)OC(C)=O. The van der Waals surface area contributed by atoms with Gasteiger partial charge in [-0.2, -0.15) is 0 Å². The summed E-state index contributed by atoms with van der Waals surface area (Å²) in [7, 11) is 2.57. The lowest BCUT2D eigenvalue weighted by Crippen LogP contribution is -2.17. The molecular formula is C9H20O6. The number of ether oxygens (including phenoxy) is 2. The van der Waals surface area contributed by atoms with E-state index in [1.54, 1.807) is 14.0 Å². The molecule has 0 aromatic heterocycles. The number of esters is 1. The molecule has 0 spiro atoms. The van der Waals surface area contributed by atoms with Gasteiger partial charge in [-0.1, -0.05) is 0 Å². The predicted octanol–water partition coefficient (Wildman–Crippen LogP) is 0.284. The standard InChI is InChI=1S/C6H12O3.C2H4O2.CH4O/c1-5(4-8-3)9-6(2)7;1-2(3)4;1-2/h5H,4H2,1-3H3;1H3,(H,3,4);2H,1H3. The Balaban J connectivity index is -0.000000202. The molecule has 0 aromatic rings. The van der Waals surface area contributed by atoms with Crippen LogP contribution in [0.15, 0.2) is 0 Å². The Labute approximate surface area is 89.8 Å². The normalized spacial score (nSPS) is 9.73. The van der Waals surface area contributed by atoms with Crippen LogP contribution in [-0.2, 0) is 19.1 Å². The molecule has 1 atom stereocenters. The quantitative estimate of drug-likeness (QED) is 0.669. The van der Waals surface area contributed by atoms with Gasteiger partial charge in [-0.25, -0.2) is 0 Å². The second-order valence-electron chi connectivity index (χ2n) is 2.39. The molecule has 0 saturated carbocycles. The molecule has 0 saturated heterocycles. The average molecular weight is 224 g/mol. The molecular weight excluding hydrogens is 204 g/mol. The number of aliphatic carboxylic acids is 1. The van der Waals surface area contributed by atoms with Gasteiger partial charge in [0.25, 0.3) is 5.97 Å². The molecule has 0 amide bonds. The monoisotopic (exact) mass is 224 g/mol. The van der Waals surface area contributed by atoms with Crippen LogP contribution < -0.4 is 0 Å². The van der Waals surface area contributed by atoms with E-state index >= 15 is 0 Å². The zero-order valence-electron chi connectivity index (χ0n) is 9.81. The van der Waals surface area contributed by atoms with Crippen molar-refractivity contribution >= 4 is 11.9 Å². The molecule has 0 aliphatic carbocycles. The number of aliphatic hydroxyl groups is 1. The van der Waals surface area contributed by atoms with Crippen LogP contribution in [0.3, 0.4) is 0 Å². The molecule has 92 valence electrons. The first-order valence-electron chi connectivity index (χ1n) is 4.20. The molecule has 0 bridgehead atoms. The summed E-state index contributed by atoms with van der Waals surface area (Å²) in [5, 5.41) is 14.4. The molecule has 6 heteroatoms. The molecule has 0 heterocycles. The number of hydrogen-bond acceptors (Lipinski definition) is 5. The summed E-state index contributed by atoms with van der Waals surface area (Å²) in [6.45, 7) is 4.70. The Morgan fingerprint density at radius 2 is 1.60 bits per heavy atom. The lowest BCUT2D eigenvalue weighted by Gasteiger charge is -2.08. The number of carboxylic acids is 1. The summed E-state index contributed by atoms with van der Waals surface area (Å²) in [4.78, 5) is 19.3. The van der Waals surface area contributed by atoms with Crippen LogP contribution in [-0.4, -0.2) is 49.1 Å². The molecule has 6 nitrogen and oxygen atoms in total. The number of carboxylic acid groups (broad SMARTS) is 1. The first-order valence-corrected chi connectivity index (χ1v) is 4.20. The van der Waals surface area contributed by atoms with Crippen LogP contribution in [0.25, 0.3) is 0 Å². The summed E-state index contributed by atoms with van der Waals surface area (Å²) < 4.78 is 9.45. The number of methoxy groups -OCH3 is 1. The van der Waals surface area contributed by atoms with E-state index in [4.69, 9.17) is 24.5 Å². The van der Waals surface area contributed by atoms with Crippen molar-refractivity contribution in [3.8, 4) is 0 Å². The van der Waals surface area contributed by atoms with E-state index in [9.17, 15) is 4.79 Å². The fourth-order valence-electron chi connectivity index (χ4n) is 0.552. The zero-order valence-corrected chi connectivity index (χ0v) is 9.81. The number of carbonyl (C=O) groups is 2.